The first-order valence-electron chi connectivity index (χ1n) is 14.4. The Labute approximate surface area is 235 Å². The Morgan fingerprint density at radius 2 is 1.73 bits per heavy atom. The number of carbonyl (C=O) groups excluding carboxylic acids is 4. The van der Waals surface area contributed by atoms with Gasteiger partial charge in [-0.05, 0) is 83.9 Å². The zero-order chi connectivity index (χ0) is 28.8. The highest BCUT2D eigenvalue weighted by atomic mass is 16.6. The molecule has 5 rings (SSSR count). The molecule has 0 atom stereocenters. The second kappa shape index (κ2) is 10.4. The molecule has 4 heterocycles. The van der Waals surface area contributed by atoms with Gasteiger partial charge < -0.3 is 19.1 Å². The molecule has 0 radical (unpaired) electrons. The van der Waals surface area contributed by atoms with Gasteiger partial charge in [0.25, 0.3) is 5.91 Å². The van der Waals surface area contributed by atoms with Gasteiger partial charge in [-0.3, -0.25) is 19.8 Å². The molecule has 1 aromatic carbocycles. The minimum absolute atomic E-state index is 0.00812. The summed E-state index contributed by atoms with van der Waals surface area (Å²) >= 11 is 0. The van der Waals surface area contributed by atoms with Crippen molar-refractivity contribution >= 4 is 40.5 Å². The largest absolute Gasteiger partial charge is 0.444 e. The summed E-state index contributed by atoms with van der Waals surface area (Å²) in [5.41, 5.74) is 1.51. The number of amides is 5. The molecule has 3 saturated heterocycles. The van der Waals surface area contributed by atoms with Gasteiger partial charge in [-0.15, -0.1) is 0 Å². The lowest BCUT2D eigenvalue weighted by molar-refractivity contribution is -0.120. The van der Waals surface area contributed by atoms with Crippen LogP contribution in [0.25, 0.3) is 10.9 Å². The number of hydrogen-bond acceptors (Lipinski definition) is 5. The highest BCUT2D eigenvalue weighted by Gasteiger charge is 2.41. The third-order valence-electron chi connectivity index (χ3n) is 8.39. The van der Waals surface area contributed by atoms with E-state index >= 15 is 0 Å². The Hall–Kier alpha value is -3.56. The number of ether oxygens (including phenoxy) is 1. The van der Waals surface area contributed by atoms with Crippen LogP contribution in [0.2, 0.25) is 0 Å². The number of carbonyl (C=O) groups is 4. The molecule has 0 aliphatic carbocycles. The van der Waals surface area contributed by atoms with Crippen molar-refractivity contribution in [2.45, 2.75) is 78.4 Å². The molecule has 0 unspecified atom stereocenters. The molecule has 10 heteroatoms. The number of anilines is 1. The summed E-state index contributed by atoms with van der Waals surface area (Å²) in [5, 5.41) is 3.27. The van der Waals surface area contributed by atoms with Crippen molar-refractivity contribution in [1.29, 1.82) is 0 Å². The van der Waals surface area contributed by atoms with Gasteiger partial charge in [-0.1, -0.05) is 0 Å². The molecule has 2 aromatic rings. The highest BCUT2D eigenvalue weighted by Crippen LogP contribution is 2.41. The summed E-state index contributed by atoms with van der Waals surface area (Å²) < 4.78 is 7.73. The van der Waals surface area contributed by atoms with Gasteiger partial charge >= 0.3 is 12.1 Å². The molecule has 0 bridgehead atoms. The maximum atomic E-state index is 13.9. The molecule has 10 nitrogen and oxygen atoms in total. The van der Waals surface area contributed by atoms with E-state index in [0.717, 1.165) is 36.6 Å². The number of nitrogens with one attached hydrogen (secondary N) is 1. The van der Waals surface area contributed by atoms with Gasteiger partial charge in [0, 0.05) is 62.3 Å². The van der Waals surface area contributed by atoms with Crippen LogP contribution in [0.4, 0.5) is 15.3 Å². The Morgan fingerprint density at radius 3 is 2.38 bits per heavy atom. The summed E-state index contributed by atoms with van der Waals surface area (Å²) in [6.07, 6.45) is 5.55. The normalized spacial score (nSPS) is 19.9. The minimum Gasteiger partial charge on any atom is -0.444 e. The maximum Gasteiger partial charge on any atom is 0.410 e. The first kappa shape index (κ1) is 28.0. The fraction of sp³-hybridized carbons (Fsp3) is 0.600. The second-order valence-electron chi connectivity index (χ2n) is 12.8. The Bertz CT molecular complexity index is 1330. The Balaban J connectivity index is 1.36. The van der Waals surface area contributed by atoms with E-state index in [1.54, 1.807) is 11.0 Å². The third kappa shape index (κ3) is 5.53. The molecule has 1 N–H and O–H groups in total. The van der Waals surface area contributed by atoms with Crippen LogP contribution in [0.1, 0.15) is 83.1 Å². The van der Waals surface area contributed by atoms with Crippen LogP contribution in [0, 0.1) is 5.41 Å². The fourth-order valence-electron chi connectivity index (χ4n) is 6.30. The van der Waals surface area contributed by atoms with E-state index in [0.29, 0.717) is 37.4 Å². The van der Waals surface area contributed by atoms with E-state index in [1.165, 1.54) is 0 Å². The van der Waals surface area contributed by atoms with Crippen molar-refractivity contribution in [3.63, 3.8) is 0 Å². The number of aromatic nitrogens is 1. The zero-order valence-electron chi connectivity index (χ0n) is 24.3. The molecule has 1 aromatic heterocycles. The summed E-state index contributed by atoms with van der Waals surface area (Å²) in [6.45, 7) is 12.6. The van der Waals surface area contributed by atoms with Crippen LogP contribution >= 0.6 is 0 Å². The Kier molecular flexibility index (Phi) is 7.31. The predicted octanol–water partition coefficient (Wildman–Crippen LogP) is 4.92. The monoisotopic (exact) mass is 551 g/mol. The number of imide groups is 1. The molecule has 3 aliphatic rings. The molecule has 3 aliphatic heterocycles. The van der Waals surface area contributed by atoms with Crippen molar-refractivity contribution in [2.24, 2.45) is 5.41 Å². The summed E-state index contributed by atoms with van der Waals surface area (Å²) in [4.78, 5) is 56.4. The number of rotatable bonds is 3. The first-order chi connectivity index (χ1) is 18.9. The topological polar surface area (TPSA) is 104 Å². The van der Waals surface area contributed by atoms with Crippen LogP contribution in [-0.2, 0) is 9.53 Å². The van der Waals surface area contributed by atoms with Crippen LogP contribution in [-0.4, -0.2) is 76.6 Å². The van der Waals surface area contributed by atoms with Crippen molar-refractivity contribution < 1.29 is 23.9 Å². The quantitative estimate of drug-likeness (QED) is 0.583. The zero-order valence-corrected chi connectivity index (χ0v) is 24.3. The van der Waals surface area contributed by atoms with E-state index < -0.39 is 11.6 Å². The van der Waals surface area contributed by atoms with E-state index in [1.807, 2.05) is 48.9 Å². The molecule has 5 amide bonds. The molecule has 1 spiro atoms. The van der Waals surface area contributed by atoms with Crippen LogP contribution < -0.4 is 10.2 Å². The van der Waals surface area contributed by atoms with Gasteiger partial charge in [0.05, 0.1) is 11.2 Å². The van der Waals surface area contributed by atoms with Crippen molar-refractivity contribution in [3.05, 3.63) is 30.0 Å². The van der Waals surface area contributed by atoms with Crippen LogP contribution in [0.15, 0.2) is 24.4 Å². The molecule has 0 saturated carbocycles. The van der Waals surface area contributed by atoms with Gasteiger partial charge in [-0.25, -0.2) is 9.59 Å². The smallest absolute Gasteiger partial charge is 0.410 e. The second-order valence-corrected chi connectivity index (χ2v) is 12.8. The van der Waals surface area contributed by atoms with Gasteiger partial charge in [0.1, 0.15) is 5.60 Å². The van der Waals surface area contributed by atoms with Gasteiger partial charge in [-0.2, -0.15) is 0 Å². The SMILES string of the molecule is CC(C)n1ccc2c(N3CCC(=O)NC3=O)cc(C(=O)N3CCC4(CCCN(C(=O)OC(C)(C)C)C4)CC3)cc21. The van der Waals surface area contributed by atoms with Crippen LogP contribution in [0.3, 0.4) is 0 Å². The molecule has 40 heavy (non-hydrogen) atoms. The summed E-state index contributed by atoms with van der Waals surface area (Å²) in [7, 11) is 0. The molecular weight excluding hydrogens is 510 g/mol. The van der Waals surface area contributed by atoms with E-state index in [2.05, 4.69) is 23.7 Å². The van der Waals surface area contributed by atoms with E-state index in [9.17, 15) is 19.2 Å². The minimum atomic E-state index is -0.530. The number of nitrogens with zero attached hydrogens (tertiary/aromatic N) is 4. The molecular formula is C30H41N5O5. The third-order valence-corrected chi connectivity index (χ3v) is 8.39. The maximum absolute atomic E-state index is 13.9. The van der Waals surface area contributed by atoms with E-state index in [-0.39, 0.29) is 42.3 Å². The number of fused-ring (bicyclic) bond motifs is 1. The lowest BCUT2D eigenvalue weighted by Crippen LogP contribution is -2.52. The molecule has 3 fully saturated rings. The lowest BCUT2D eigenvalue weighted by Gasteiger charge is -2.47. The average molecular weight is 552 g/mol. The number of likely N-dealkylation sites (tertiary alicyclic amines) is 2. The number of hydrogen-bond donors (Lipinski definition) is 1. The summed E-state index contributed by atoms with van der Waals surface area (Å²) in [6, 6.07) is 5.38. The summed E-state index contributed by atoms with van der Waals surface area (Å²) in [5.74, 6) is -0.359. The first-order valence-corrected chi connectivity index (χ1v) is 14.4. The predicted molar refractivity (Wildman–Crippen MR) is 152 cm³/mol. The highest BCUT2D eigenvalue weighted by molar-refractivity contribution is 6.11. The Morgan fingerprint density at radius 1 is 1.00 bits per heavy atom. The van der Waals surface area contributed by atoms with Crippen molar-refractivity contribution in [1.82, 2.24) is 19.7 Å². The van der Waals surface area contributed by atoms with Gasteiger partial charge in [0.2, 0.25) is 5.91 Å². The number of piperidine rings is 2. The van der Waals surface area contributed by atoms with Crippen LogP contribution in [0.5, 0.6) is 0 Å². The number of urea groups is 1. The van der Waals surface area contributed by atoms with Crippen molar-refractivity contribution in [2.75, 3.05) is 37.6 Å². The lowest BCUT2D eigenvalue weighted by atomic mass is 9.72. The fourth-order valence-corrected chi connectivity index (χ4v) is 6.30. The molecule has 216 valence electrons. The van der Waals surface area contributed by atoms with Gasteiger partial charge in [0.15, 0.2) is 0 Å². The van der Waals surface area contributed by atoms with E-state index in [4.69, 9.17) is 4.74 Å². The standard InChI is InChI=1S/C30H41N5O5/c1-20(2)34-13-7-22-23(34)17-21(18-24(22)35-14-8-25(36)31-27(35)38)26(37)32-15-10-30(11-16-32)9-6-12-33(19-30)28(39)40-29(3,4)5/h7,13,17-18,20H,6,8-12,14-16,19H2,1-5H3,(H,31,36,38). The van der Waals surface area contributed by atoms with Crippen molar-refractivity contribution in [3.8, 4) is 0 Å². The number of benzene rings is 1. The average Bonchev–Trinajstić information content (AvgIpc) is 3.32.